The third-order valence-corrected chi connectivity index (χ3v) is 2.31. The summed E-state index contributed by atoms with van der Waals surface area (Å²) in [4.78, 5) is 0. The van der Waals surface area contributed by atoms with Gasteiger partial charge in [0.05, 0.1) is 0 Å². The third-order valence-electron chi connectivity index (χ3n) is 2.31. The first-order valence-electron chi connectivity index (χ1n) is 5.19. The summed E-state index contributed by atoms with van der Waals surface area (Å²) >= 11 is 0. The SMILES string of the molecule is CC.CCC1=CCc2ccccc21. The zero-order chi connectivity index (χ0) is 9.68. The molecule has 0 heterocycles. The smallest absolute Gasteiger partial charge is 0.00854 e. The summed E-state index contributed by atoms with van der Waals surface area (Å²) in [5.74, 6) is 0. The van der Waals surface area contributed by atoms with Gasteiger partial charge in [-0.3, -0.25) is 0 Å². The summed E-state index contributed by atoms with van der Waals surface area (Å²) in [6.45, 7) is 6.22. The fourth-order valence-corrected chi connectivity index (χ4v) is 1.69. The predicted octanol–water partition coefficient (Wildman–Crippen LogP) is 4.06. The van der Waals surface area contributed by atoms with Crippen LogP contribution in [0.15, 0.2) is 30.3 Å². The Bertz CT molecular complexity index is 295. The Morgan fingerprint density at radius 3 is 2.54 bits per heavy atom. The molecule has 0 radical (unpaired) electrons. The summed E-state index contributed by atoms with van der Waals surface area (Å²) in [6, 6.07) is 8.67. The first-order chi connectivity index (χ1) is 6.42. The molecule has 0 saturated carbocycles. The average Bonchev–Trinajstić information content (AvgIpc) is 2.64. The lowest BCUT2D eigenvalue weighted by Crippen LogP contribution is -1.81. The first-order valence-corrected chi connectivity index (χ1v) is 5.19. The molecule has 0 nitrogen and oxygen atoms in total. The number of hydrogen-bond donors (Lipinski definition) is 0. The lowest BCUT2D eigenvalue weighted by molar-refractivity contribution is 1.25. The largest absolute Gasteiger partial charge is 0.0763 e. The molecule has 0 fully saturated rings. The second-order valence-electron chi connectivity index (χ2n) is 2.94. The van der Waals surface area contributed by atoms with Crippen molar-refractivity contribution in [1.82, 2.24) is 0 Å². The summed E-state index contributed by atoms with van der Waals surface area (Å²) in [6.07, 6.45) is 4.64. The van der Waals surface area contributed by atoms with E-state index in [0.717, 1.165) is 12.8 Å². The number of rotatable bonds is 1. The Morgan fingerprint density at radius 1 is 1.15 bits per heavy atom. The molecule has 0 bridgehead atoms. The van der Waals surface area contributed by atoms with Gasteiger partial charge in [0.15, 0.2) is 0 Å². The number of benzene rings is 1. The molecule has 0 spiro atoms. The van der Waals surface area contributed by atoms with Gasteiger partial charge in [0.2, 0.25) is 0 Å². The lowest BCUT2D eigenvalue weighted by atomic mass is 10.0. The summed E-state index contributed by atoms with van der Waals surface area (Å²) in [5, 5.41) is 0. The topological polar surface area (TPSA) is 0 Å². The maximum atomic E-state index is 2.34. The van der Waals surface area contributed by atoms with Gasteiger partial charge in [-0.15, -0.1) is 0 Å². The molecule has 2 rings (SSSR count). The molecule has 1 aliphatic carbocycles. The van der Waals surface area contributed by atoms with Crippen molar-refractivity contribution in [2.45, 2.75) is 33.6 Å². The summed E-state index contributed by atoms with van der Waals surface area (Å²) < 4.78 is 0. The molecule has 0 atom stereocenters. The predicted molar refractivity (Wildman–Crippen MR) is 59.8 cm³/mol. The van der Waals surface area contributed by atoms with E-state index < -0.39 is 0 Å². The van der Waals surface area contributed by atoms with Gasteiger partial charge in [-0.1, -0.05) is 51.1 Å². The minimum Gasteiger partial charge on any atom is -0.0763 e. The molecule has 0 unspecified atom stereocenters. The number of allylic oxidation sites excluding steroid dienone is 2. The summed E-state index contributed by atoms with van der Waals surface area (Å²) in [7, 11) is 0. The second-order valence-corrected chi connectivity index (χ2v) is 2.94. The van der Waals surface area contributed by atoms with Gasteiger partial charge in [0.1, 0.15) is 0 Å². The van der Waals surface area contributed by atoms with Crippen molar-refractivity contribution in [3.8, 4) is 0 Å². The Kier molecular flexibility index (Phi) is 3.75. The molecule has 0 amide bonds. The van der Waals surface area contributed by atoms with Crippen LogP contribution in [0.3, 0.4) is 0 Å². The Morgan fingerprint density at radius 2 is 1.85 bits per heavy atom. The maximum absolute atomic E-state index is 2.34. The molecular weight excluding hydrogens is 156 g/mol. The fraction of sp³-hybridized carbons (Fsp3) is 0.385. The maximum Gasteiger partial charge on any atom is -0.00854 e. The molecule has 0 aliphatic heterocycles. The lowest BCUT2D eigenvalue weighted by Gasteiger charge is -2.00. The van der Waals surface area contributed by atoms with E-state index in [1.165, 1.54) is 16.7 Å². The normalized spacial score (nSPS) is 12.7. The Balaban J connectivity index is 0.000000396. The van der Waals surface area contributed by atoms with E-state index >= 15 is 0 Å². The van der Waals surface area contributed by atoms with Crippen molar-refractivity contribution >= 4 is 5.57 Å². The van der Waals surface area contributed by atoms with E-state index in [1.807, 2.05) is 13.8 Å². The van der Waals surface area contributed by atoms with E-state index in [4.69, 9.17) is 0 Å². The van der Waals surface area contributed by atoms with Crippen LogP contribution in [0.1, 0.15) is 38.3 Å². The van der Waals surface area contributed by atoms with Crippen molar-refractivity contribution in [3.05, 3.63) is 41.5 Å². The van der Waals surface area contributed by atoms with Crippen molar-refractivity contribution in [2.75, 3.05) is 0 Å². The van der Waals surface area contributed by atoms with Crippen LogP contribution >= 0.6 is 0 Å². The average molecular weight is 174 g/mol. The van der Waals surface area contributed by atoms with Crippen molar-refractivity contribution < 1.29 is 0 Å². The van der Waals surface area contributed by atoms with Crippen LogP contribution in [0.25, 0.3) is 5.57 Å². The van der Waals surface area contributed by atoms with Gasteiger partial charge < -0.3 is 0 Å². The zero-order valence-electron chi connectivity index (χ0n) is 8.80. The number of hydrogen-bond acceptors (Lipinski definition) is 0. The molecule has 0 saturated heterocycles. The molecular formula is C13H18. The van der Waals surface area contributed by atoms with Crippen LogP contribution in [0.2, 0.25) is 0 Å². The van der Waals surface area contributed by atoms with Crippen molar-refractivity contribution in [1.29, 1.82) is 0 Å². The van der Waals surface area contributed by atoms with E-state index in [2.05, 4.69) is 37.3 Å². The minimum atomic E-state index is 1.14. The molecule has 1 aromatic rings. The van der Waals surface area contributed by atoms with Crippen molar-refractivity contribution in [2.24, 2.45) is 0 Å². The fourth-order valence-electron chi connectivity index (χ4n) is 1.69. The van der Waals surface area contributed by atoms with Gasteiger partial charge in [0, 0.05) is 0 Å². The molecule has 13 heavy (non-hydrogen) atoms. The van der Waals surface area contributed by atoms with E-state index in [-0.39, 0.29) is 0 Å². The summed E-state index contributed by atoms with van der Waals surface area (Å²) in [5.41, 5.74) is 4.47. The highest BCUT2D eigenvalue weighted by molar-refractivity contribution is 5.72. The highest BCUT2D eigenvalue weighted by atomic mass is 14.1. The standard InChI is InChI=1S/C11H12.C2H6/c1-2-9-7-8-10-5-3-4-6-11(9)10;1-2/h3-7H,2,8H2,1H3;1-2H3. The van der Waals surface area contributed by atoms with Crippen LogP contribution < -0.4 is 0 Å². The van der Waals surface area contributed by atoms with Crippen LogP contribution in [0.4, 0.5) is 0 Å². The quantitative estimate of drug-likeness (QED) is 0.602. The second kappa shape index (κ2) is 4.86. The number of fused-ring (bicyclic) bond motifs is 1. The van der Waals surface area contributed by atoms with Gasteiger partial charge >= 0.3 is 0 Å². The van der Waals surface area contributed by atoms with E-state index in [1.54, 1.807) is 0 Å². The van der Waals surface area contributed by atoms with Crippen molar-refractivity contribution in [3.63, 3.8) is 0 Å². The van der Waals surface area contributed by atoms with Gasteiger partial charge in [-0.25, -0.2) is 0 Å². The third kappa shape index (κ3) is 2.00. The molecule has 0 aromatic heterocycles. The van der Waals surface area contributed by atoms with Crippen LogP contribution in [0, 0.1) is 0 Å². The molecule has 70 valence electrons. The Labute approximate surface area is 81.3 Å². The highest BCUT2D eigenvalue weighted by Gasteiger charge is 2.09. The van der Waals surface area contributed by atoms with Gasteiger partial charge in [0.25, 0.3) is 0 Å². The van der Waals surface area contributed by atoms with Crippen LogP contribution in [-0.2, 0) is 6.42 Å². The molecule has 1 aromatic carbocycles. The van der Waals surface area contributed by atoms with E-state index in [9.17, 15) is 0 Å². The van der Waals surface area contributed by atoms with Crippen LogP contribution in [-0.4, -0.2) is 0 Å². The van der Waals surface area contributed by atoms with Gasteiger partial charge in [-0.2, -0.15) is 0 Å². The monoisotopic (exact) mass is 174 g/mol. The van der Waals surface area contributed by atoms with Crippen LogP contribution in [0.5, 0.6) is 0 Å². The molecule has 0 N–H and O–H groups in total. The van der Waals surface area contributed by atoms with E-state index in [0.29, 0.717) is 0 Å². The zero-order valence-corrected chi connectivity index (χ0v) is 8.80. The highest BCUT2D eigenvalue weighted by Crippen LogP contribution is 2.28. The van der Waals surface area contributed by atoms with Gasteiger partial charge in [-0.05, 0) is 29.5 Å². The molecule has 0 heteroatoms. The molecule has 1 aliphatic rings. The first kappa shape index (κ1) is 10.0. The Hall–Kier alpha value is -1.04. The minimum absolute atomic E-state index is 1.14.